The van der Waals surface area contributed by atoms with E-state index in [0.29, 0.717) is 35.1 Å². The van der Waals surface area contributed by atoms with E-state index in [2.05, 4.69) is 41.3 Å². The molecule has 2 aliphatic rings. The molecule has 9 heteroatoms. The largest absolute Gasteiger partial charge is 0.494 e. The maximum absolute atomic E-state index is 6.22. The number of piperazine rings is 1. The van der Waals surface area contributed by atoms with Gasteiger partial charge >= 0.3 is 0 Å². The van der Waals surface area contributed by atoms with E-state index in [1.54, 1.807) is 11.6 Å². The number of benzene rings is 1. The van der Waals surface area contributed by atoms with E-state index in [4.69, 9.17) is 25.5 Å². The molecule has 1 aromatic carbocycles. The minimum absolute atomic E-state index is 0.305. The highest BCUT2D eigenvalue weighted by atomic mass is 16.5. The van der Waals surface area contributed by atoms with E-state index < -0.39 is 0 Å². The van der Waals surface area contributed by atoms with Crippen molar-refractivity contribution >= 4 is 28.3 Å². The molecule has 9 nitrogen and oxygen atoms in total. The summed E-state index contributed by atoms with van der Waals surface area (Å²) in [6, 6.07) is 8.60. The smallest absolute Gasteiger partial charge is 0.223 e. The van der Waals surface area contributed by atoms with Crippen molar-refractivity contribution in [1.82, 2.24) is 29.9 Å². The second-order valence-electron chi connectivity index (χ2n) is 9.61. The van der Waals surface area contributed by atoms with Gasteiger partial charge in [-0.15, -0.1) is 5.10 Å². The van der Waals surface area contributed by atoms with Gasteiger partial charge in [-0.25, -0.2) is 15.0 Å². The topological polar surface area (TPSA) is 106 Å². The van der Waals surface area contributed by atoms with Crippen molar-refractivity contribution in [2.75, 3.05) is 37.4 Å². The van der Waals surface area contributed by atoms with Gasteiger partial charge in [-0.1, -0.05) is 12.1 Å². The van der Waals surface area contributed by atoms with Crippen LogP contribution in [0, 0.1) is 6.92 Å². The standard InChI is InChI=1S/C25H30N8O/c1-14-9-18(12-28-23(14)32-8-7-27-15(2)13-32)16-10-17(11-16)22-30-24-19-5-4-6-20(34-3)21(19)29-25(26)33(24)31-22/h4-6,9,12,15-17,27H,7-8,10-11,13H2,1-3H3,(H2,26,29)/t15-,16-,17+/m1/s1. The van der Waals surface area contributed by atoms with Gasteiger partial charge < -0.3 is 20.7 Å². The van der Waals surface area contributed by atoms with Crippen molar-refractivity contribution in [2.45, 2.75) is 44.6 Å². The van der Waals surface area contributed by atoms with Gasteiger partial charge in [0.15, 0.2) is 11.5 Å². The Labute approximate surface area is 198 Å². The van der Waals surface area contributed by atoms with E-state index in [9.17, 15) is 0 Å². The van der Waals surface area contributed by atoms with Gasteiger partial charge in [-0.3, -0.25) is 0 Å². The van der Waals surface area contributed by atoms with E-state index in [1.807, 2.05) is 18.2 Å². The lowest BCUT2D eigenvalue weighted by molar-refractivity contribution is 0.337. The summed E-state index contributed by atoms with van der Waals surface area (Å²) in [5.41, 5.74) is 10.2. The van der Waals surface area contributed by atoms with E-state index in [-0.39, 0.29) is 0 Å². The molecular weight excluding hydrogens is 428 g/mol. The van der Waals surface area contributed by atoms with Crippen LogP contribution in [0.1, 0.15) is 48.6 Å². The number of aromatic nitrogens is 5. The Bertz CT molecular complexity index is 1380. The van der Waals surface area contributed by atoms with Crippen molar-refractivity contribution in [3.05, 3.63) is 47.4 Å². The summed E-state index contributed by atoms with van der Waals surface area (Å²) in [4.78, 5) is 16.6. The molecule has 1 saturated carbocycles. The molecule has 0 amide bonds. The summed E-state index contributed by atoms with van der Waals surface area (Å²) >= 11 is 0. The Morgan fingerprint density at radius 3 is 2.79 bits per heavy atom. The molecule has 176 valence electrons. The molecule has 2 fully saturated rings. The molecule has 0 radical (unpaired) electrons. The van der Waals surface area contributed by atoms with Crippen LogP contribution in [0.25, 0.3) is 16.6 Å². The summed E-state index contributed by atoms with van der Waals surface area (Å²) in [6.45, 7) is 7.40. The van der Waals surface area contributed by atoms with Crippen molar-refractivity contribution in [2.24, 2.45) is 0 Å². The zero-order chi connectivity index (χ0) is 23.4. The molecule has 3 N–H and O–H groups in total. The van der Waals surface area contributed by atoms with E-state index in [0.717, 1.165) is 55.2 Å². The molecule has 0 bridgehead atoms. The number of nitrogens with two attached hydrogens (primary N) is 1. The number of methoxy groups -OCH3 is 1. The third-order valence-electron chi connectivity index (χ3n) is 7.24. The fraction of sp³-hybridized carbons (Fsp3) is 0.440. The molecule has 0 unspecified atom stereocenters. The second-order valence-corrected chi connectivity index (χ2v) is 9.61. The number of ether oxygens (including phenoxy) is 1. The lowest BCUT2D eigenvalue weighted by atomic mass is 9.71. The van der Waals surface area contributed by atoms with Gasteiger partial charge in [0.2, 0.25) is 5.95 Å². The Balaban J connectivity index is 1.22. The maximum Gasteiger partial charge on any atom is 0.223 e. The summed E-state index contributed by atoms with van der Waals surface area (Å²) in [5, 5.41) is 9.10. The van der Waals surface area contributed by atoms with Crippen molar-refractivity contribution < 1.29 is 4.74 Å². The SMILES string of the molecule is COc1cccc2c1nc(N)n1nc([C@H]3C[C@@H](c4cnc(N5CCN[C@H](C)C5)c(C)c4)C3)nc21. The monoisotopic (exact) mass is 458 g/mol. The quantitative estimate of drug-likeness (QED) is 0.481. The minimum atomic E-state index is 0.305. The second kappa shape index (κ2) is 8.09. The molecule has 3 aromatic heterocycles. The average molecular weight is 459 g/mol. The summed E-state index contributed by atoms with van der Waals surface area (Å²) in [5.74, 6) is 3.72. The van der Waals surface area contributed by atoms with Crippen LogP contribution >= 0.6 is 0 Å². The van der Waals surface area contributed by atoms with Crippen LogP contribution in [-0.4, -0.2) is 57.4 Å². The fourth-order valence-electron chi connectivity index (χ4n) is 5.35. The van der Waals surface area contributed by atoms with Crippen LogP contribution in [0.2, 0.25) is 0 Å². The molecule has 6 rings (SSSR count). The first-order valence-electron chi connectivity index (χ1n) is 12.0. The summed E-state index contributed by atoms with van der Waals surface area (Å²) in [6.07, 6.45) is 4.09. The van der Waals surface area contributed by atoms with Crippen LogP contribution in [0.5, 0.6) is 5.75 Å². The molecule has 1 aliphatic carbocycles. The van der Waals surface area contributed by atoms with Crippen LogP contribution in [0.4, 0.5) is 11.8 Å². The highest BCUT2D eigenvalue weighted by Crippen LogP contribution is 2.47. The number of hydrogen-bond acceptors (Lipinski definition) is 8. The summed E-state index contributed by atoms with van der Waals surface area (Å²) < 4.78 is 7.11. The maximum atomic E-state index is 6.22. The molecule has 4 heterocycles. The number of fused-ring (bicyclic) bond motifs is 3. The number of nitrogen functional groups attached to an aromatic ring is 1. The van der Waals surface area contributed by atoms with Crippen molar-refractivity contribution in [3.8, 4) is 5.75 Å². The van der Waals surface area contributed by atoms with Crippen molar-refractivity contribution in [1.29, 1.82) is 0 Å². The zero-order valence-electron chi connectivity index (χ0n) is 19.8. The molecule has 0 spiro atoms. The molecule has 1 saturated heterocycles. The molecule has 1 atom stereocenters. The highest BCUT2D eigenvalue weighted by Gasteiger charge is 2.35. The number of nitrogens with zero attached hydrogens (tertiary/aromatic N) is 6. The first-order valence-corrected chi connectivity index (χ1v) is 12.0. The van der Waals surface area contributed by atoms with Gasteiger partial charge in [0.05, 0.1) is 7.11 Å². The fourth-order valence-corrected chi connectivity index (χ4v) is 5.35. The minimum Gasteiger partial charge on any atom is -0.494 e. The first kappa shape index (κ1) is 21.1. The number of anilines is 2. The number of para-hydroxylation sites is 1. The van der Waals surface area contributed by atoms with Crippen LogP contribution < -0.4 is 20.7 Å². The Morgan fingerprint density at radius 1 is 1.18 bits per heavy atom. The average Bonchev–Trinajstić information content (AvgIpc) is 3.24. The molecule has 1 aliphatic heterocycles. The Morgan fingerprint density at radius 2 is 2.03 bits per heavy atom. The molecule has 4 aromatic rings. The van der Waals surface area contributed by atoms with Gasteiger partial charge in [-0.05, 0) is 55.9 Å². The predicted molar refractivity (Wildman–Crippen MR) is 133 cm³/mol. The first-order chi connectivity index (χ1) is 16.5. The van der Waals surface area contributed by atoms with Crippen LogP contribution in [0.15, 0.2) is 30.5 Å². The molecule has 34 heavy (non-hydrogen) atoms. The van der Waals surface area contributed by atoms with Gasteiger partial charge in [-0.2, -0.15) is 4.52 Å². The molecular formula is C25H30N8O. The summed E-state index contributed by atoms with van der Waals surface area (Å²) in [7, 11) is 1.63. The van der Waals surface area contributed by atoms with E-state index >= 15 is 0 Å². The number of pyridine rings is 1. The Hall–Kier alpha value is -3.46. The third kappa shape index (κ3) is 3.42. The number of rotatable bonds is 4. The number of hydrogen-bond donors (Lipinski definition) is 2. The van der Waals surface area contributed by atoms with E-state index in [1.165, 1.54) is 11.1 Å². The normalized spacial score (nSPS) is 22.8. The lowest BCUT2D eigenvalue weighted by Crippen LogP contribution is -2.49. The Kier molecular flexibility index (Phi) is 5.02. The van der Waals surface area contributed by atoms with Crippen LogP contribution in [0.3, 0.4) is 0 Å². The number of aryl methyl sites for hydroxylation is 1. The van der Waals surface area contributed by atoms with Gasteiger partial charge in [0.25, 0.3) is 0 Å². The van der Waals surface area contributed by atoms with Gasteiger partial charge in [0.1, 0.15) is 17.1 Å². The third-order valence-corrected chi connectivity index (χ3v) is 7.24. The highest BCUT2D eigenvalue weighted by molar-refractivity contribution is 5.95. The lowest BCUT2D eigenvalue weighted by Gasteiger charge is -2.36. The van der Waals surface area contributed by atoms with Crippen LogP contribution in [-0.2, 0) is 0 Å². The predicted octanol–water partition coefficient (Wildman–Crippen LogP) is 3.03. The van der Waals surface area contributed by atoms with Gasteiger partial charge in [0, 0.05) is 43.2 Å². The van der Waals surface area contributed by atoms with Crippen molar-refractivity contribution in [3.63, 3.8) is 0 Å². The number of nitrogens with one attached hydrogen (secondary N) is 1. The zero-order valence-corrected chi connectivity index (χ0v) is 19.8.